The van der Waals surface area contributed by atoms with Crippen LogP contribution in [0.4, 0.5) is 5.95 Å². The van der Waals surface area contributed by atoms with Crippen LogP contribution in [0.15, 0.2) is 12.3 Å². The lowest BCUT2D eigenvalue weighted by molar-refractivity contribution is 0.271. The normalized spacial score (nSPS) is 22.5. The molecule has 1 N–H and O–H groups in total. The van der Waals surface area contributed by atoms with Gasteiger partial charge in [-0.05, 0) is 31.1 Å². The van der Waals surface area contributed by atoms with E-state index in [4.69, 9.17) is 16.3 Å². The standard InChI is InChI=1S/C15H24ClN3O/c1-2-9-20-14-7-8-17-15(19-14)18-11-13-6-4-3-5-12(13)10-16/h7-8,12-13H,2-6,9-11H2,1H3,(H,17,18,19). The molecule has 0 amide bonds. The molecule has 1 heterocycles. The summed E-state index contributed by atoms with van der Waals surface area (Å²) >= 11 is 6.06. The minimum Gasteiger partial charge on any atom is -0.478 e. The lowest BCUT2D eigenvalue weighted by atomic mass is 9.80. The molecule has 0 spiro atoms. The Labute approximate surface area is 126 Å². The Hall–Kier alpha value is -1.03. The first-order valence-electron chi connectivity index (χ1n) is 7.59. The molecule has 0 bridgehead atoms. The van der Waals surface area contributed by atoms with Crippen LogP contribution in [0, 0.1) is 11.8 Å². The van der Waals surface area contributed by atoms with E-state index in [1.54, 1.807) is 12.3 Å². The number of hydrogen-bond acceptors (Lipinski definition) is 4. The highest BCUT2D eigenvalue weighted by molar-refractivity contribution is 6.18. The lowest BCUT2D eigenvalue weighted by Gasteiger charge is -2.30. The maximum atomic E-state index is 6.06. The van der Waals surface area contributed by atoms with Crippen LogP contribution in [0.25, 0.3) is 0 Å². The molecule has 1 fully saturated rings. The van der Waals surface area contributed by atoms with Gasteiger partial charge in [0.2, 0.25) is 11.8 Å². The van der Waals surface area contributed by atoms with Crippen molar-refractivity contribution >= 4 is 17.5 Å². The molecule has 2 atom stereocenters. The van der Waals surface area contributed by atoms with Gasteiger partial charge < -0.3 is 10.1 Å². The molecule has 2 rings (SSSR count). The van der Waals surface area contributed by atoms with Gasteiger partial charge >= 0.3 is 0 Å². The van der Waals surface area contributed by atoms with Crippen molar-refractivity contribution in [3.8, 4) is 5.88 Å². The highest BCUT2D eigenvalue weighted by Gasteiger charge is 2.24. The Morgan fingerprint density at radius 3 is 2.90 bits per heavy atom. The zero-order valence-corrected chi connectivity index (χ0v) is 12.9. The highest BCUT2D eigenvalue weighted by Crippen LogP contribution is 2.30. The van der Waals surface area contributed by atoms with Crippen LogP contribution in [0.3, 0.4) is 0 Å². The van der Waals surface area contributed by atoms with Gasteiger partial charge in [-0.1, -0.05) is 19.8 Å². The van der Waals surface area contributed by atoms with Crippen molar-refractivity contribution in [2.45, 2.75) is 39.0 Å². The van der Waals surface area contributed by atoms with Crippen molar-refractivity contribution in [1.82, 2.24) is 9.97 Å². The summed E-state index contributed by atoms with van der Waals surface area (Å²) < 4.78 is 5.52. The third-order valence-corrected chi connectivity index (χ3v) is 4.27. The molecule has 1 aliphatic carbocycles. The minimum atomic E-state index is 0.623. The first-order valence-corrected chi connectivity index (χ1v) is 8.12. The van der Waals surface area contributed by atoms with E-state index < -0.39 is 0 Å². The molecular weight excluding hydrogens is 274 g/mol. The summed E-state index contributed by atoms with van der Waals surface area (Å²) in [5.74, 6) is 3.30. The third kappa shape index (κ3) is 4.51. The fourth-order valence-electron chi connectivity index (χ4n) is 2.69. The van der Waals surface area contributed by atoms with Gasteiger partial charge in [-0.2, -0.15) is 4.98 Å². The first-order chi connectivity index (χ1) is 9.83. The highest BCUT2D eigenvalue weighted by atomic mass is 35.5. The third-order valence-electron chi connectivity index (χ3n) is 3.87. The van der Waals surface area contributed by atoms with E-state index >= 15 is 0 Å². The summed E-state index contributed by atoms with van der Waals surface area (Å²) in [7, 11) is 0. The summed E-state index contributed by atoms with van der Waals surface area (Å²) in [6.45, 7) is 3.66. The molecule has 20 heavy (non-hydrogen) atoms. The largest absolute Gasteiger partial charge is 0.478 e. The Kier molecular flexibility index (Phi) is 6.37. The number of nitrogens with one attached hydrogen (secondary N) is 1. The molecule has 2 unspecified atom stereocenters. The molecule has 1 aromatic rings. The number of ether oxygens (including phenoxy) is 1. The Bertz CT molecular complexity index is 402. The van der Waals surface area contributed by atoms with Gasteiger partial charge in [-0.25, -0.2) is 4.98 Å². The van der Waals surface area contributed by atoms with Gasteiger partial charge in [0, 0.05) is 24.7 Å². The molecule has 112 valence electrons. The van der Waals surface area contributed by atoms with Gasteiger partial charge in [-0.3, -0.25) is 0 Å². The van der Waals surface area contributed by atoms with E-state index in [9.17, 15) is 0 Å². The average molecular weight is 298 g/mol. The van der Waals surface area contributed by atoms with E-state index in [0.717, 1.165) is 18.8 Å². The van der Waals surface area contributed by atoms with Gasteiger partial charge in [0.1, 0.15) is 0 Å². The number of aromatic nitrogens is 2. The van der Waals surface area contributed by atoms with Crippen LogP contribution in [-0.4, -0.2) is 29.0 Å². The number of halogens is 1. The molecule has 0 aromatic carbocycles. The topological polar surface area (TPSA) is 47.0 Å². The van der Waals surface area contributed by atoms with E-state index in [1.807, 2.05) is 0 Å². The molecule has 0 saturated heterocycles. The second-order valence-corrected chi connectivity index (χ2v) is 5.72. The maximum Gasteiger partial charge on any atom is 0.225 e. The number of nitrogens with zero attached hydrogens (tertiary/aromatic N) is 2. The minimum absolute atomic E-state index is 0.623. The number of anilines is 1. The van der Waals surface area contributed by atoms with Crippen molar-refractivity contribution in [3.63, 3.8) is 0 Å². The van der Waals surface area contributed by atoms with Crippen LogP contribution >= 0.6 is 11.6 Å². The van der Waals surface area contributed by atoms with Crippen LogP contribution in [0.2, 0.25) is 0 Å². The summed E-state index contributed by atoms with van der Waals surface area (Å²) in [5, 5.41) is 3.33. The molecule has 0 aliphatic heterocycles. The van der Waals surface area contributed by atoms with Crippen molar-refractivity contribution in [2.75, 3.05) is 24.3 Å². The predicted molar refractivity (Wildman–Crippen MR) is 82.5 cm³/mol. The monoisotopic (exact) mass is 297 g/mol. The quantitative estimate of drug-likeness (QED) is 0.779. The van der Waals surface area contributed by atoms with Crippen molar-refractivity contribution < 1.29 is 4.74 Å². The second-order valence-electron chi connectivity index (χ2n) is 5.41. The van der Waals surface area contributed by atoms with Crippen LogP contribution in [0.1, 0.15) is 39.0 Å². The molecular formula is C15H24ClN3O. The van der Waals surface area contributed by atoms with Crippen molar-refractivity contribution in [1.29, 1.82) is 0 Å². The fraction of sp³-hybridized carbons (Fsp3) is 0.733. The molecule has 4 nitrogen and oxygen atoms in total. The molecule has 0 radical (unpaired) electrons. The molecule has 5 heteroatoms. The van der Waals surface area contributed by atoms with Crippen molar-refractivity contribution in [2.24, 2.45) is 11.8 Å². The molecule has 1 saturated carbocycles. The summed E-state index contributed by atoms with van der Waals surface area (Å²) in [4.78, 5) is 8.62. The SMILES string of the molecule is CCCOc1ccnc(NCC2CCCCC2CCl)n1. The number of rotatable bonds is 7. The number of hydrogen-bond donors (Lipinski definition) is 1. The summed E-state index contributed by atoms with van der Waals surface area (Å²) in [5.41, 5.74) is 0. The Balaban J connectivity index is 1.86. The fourth-order valence-corrected chi connectivity index (χ4v) is 3.10. The molecule has 1 aromatic heterocycles. The van der Waals surface area contributed by atoms with Gasteiger partial charge in [0.05, 0.1) is 6.61 Å². The van der Waals surface area contributed by atoms with E-state index in [-0.39, 0.29) is 0 Å². The predicted octanol–water partition coefficient (Wildman–Crippen LogP) is 3.72. The number of alkyl halides is 1. The van der Waals surface area contributed by atoms with E-state index in [0.29, 0.717) is 30.3 Å². The van der Waals surface area contributed by atoms with Gasteiger partial charge in [0.15, 0.2) is 0 Å². The van der Waals surface area contributed by atoms with E-state index in [2.05, 4.69) is 22.2 Å². The smallest absolute Gasteiger partial charge is 0.225 e. The zero-order valence-electron chi connectivity index (χ0n) is 12.1. The van der Waals surface area contributed by atoms with Crippen LogP contribution in [-0.2, 0) is 0 Å². The zero-order chi connectivity index (χ0) is 14.2. The first kappa shape index (κ1) is 15.4. The van der Waals surface area contributed by atoms with Gasteiger partial charge in [-0.15, -0.1) is 11.6 Å². The van der Waals surface area contributed by atoms with Crippen LogP contribution < -0.4 is 10.1 Å². The van der Waals surface area contributed by atoms with Crippen molar-refractivity contribution in [3.05, 3.63) is 12.3 Å². The molecule has 1 aliphatic rings. The second kappa shape index (κ2) is 8.30. The van der Waals surface area contributed by atoms with Crippen LogP contribution in [0.5, 0.6) is 5.88 Å². The van der Waals surface area contributed by atoms with Gasteiger partial charge in [0.25, 0.3) is 0 Å². The summed E-state index contributed by atoms with van der Waals surface area (Å²) in [6.07, 6.45) is 7.82. The maximum absolute atomic E-state index is 6.06. The lowest BCUT2D eigenvalue weighted by Crippen LogP contribution is -2.27. The Morgan fingerprint density at radius 1 is 1.35 bits per heavy atom. The van der Waals surface area contributed by atoms with E-state index in [1.165, 1.54) is 25.7 Å². The summed E-state index contributed by atoms with van der Waals surface area (Å²) in [6, 6.07) is 1.79. The Morgan fingerprint density at radius 2 is 2.15 bits per heavy atom. The average Bonchev–Trinajstić information content (AvgIpc) is 2.51.